The molecule has 0 saturated carbocycles. The van der Waals surface area contributed by atoms with Gasteiger partial charge in [0.15, 0.2) is 0 Å². The summed E-state index contributed by atoms with van der Waals surface area (Å²) >= 11 is 1.24. The van der Waals surface area contributed by atoms with Crippen LogP contribution in [-0.4, -0.2) is 39.2 Å². The molecule has 0 spiro atoms. The van der Waals surface area contributed by atoms with Crippen LogP contribution in [0.1, 0.15) is 22.2 Å². The maximum Gasteiger partial charge on any atom is 0.328 e. The maximum atomic E-state index is 12.0. The van der Waals surface area contributed by atoms with E-state index in [9.17, 15) is 13.8 Å². The molecule has 0 bridgehead atoms. The minimum atomic E-state index is -1.06. The second-order valence-corrected chi connectivity index (χ2v) is 6.39. The van der Waals surface area contributed by atoms with E-state index in [1.165, 1.54) is 17.4 Å². The van der Waals surface area contributed by atoms with Crippen molar-refractivity contribution in [3.8, 4) is 0 Å². The topological polar surface area (TPSA) is 83.5 Å². The molecule has 0 saturated heterocycles. The molecule has 2 unspecified atom stereocenters. The molecule has 0 radical (unpaired) electrons. The highest BCUT2D eigenvalue weighted by Gasteiger charge is 2.14. The van der Waals surface area contributed by atoms with Crippen LogP contribution in [0, 0.1) is 0 Å². The number of hydrogen-bond donors (Lipinski definition) is 2. The van der Waals surface area contributed by atoms with Crippen molar-refractivity contribution in [2.75, 3.05) is 12.0 Å². The van der Waals surface area contributed by atoms with Crippen molar-refractivity contribution < 1.29 is 18.9 Å². The highest BCUT2D eigenvalue weighted by atomic mass is 32.2. The van der Waals surface area contributed by atoms with Gasteiger partial charge in [-0.05, 0) is 30.0 Å². The molecule has 5 nitrogen and oxygen atoms in total. The first kappa shape index (κ1) is 15.6. The largest absolute Gasteiger partial charge is 0.478 e. The van der Waals surface area contributed by atoms with Gasteiger partial charge >= 0.3 is 5.97 Å². The lowest BCUT2D eigenvalue weighted by atomic mass is 10.2. The van der Waals surface area contributed by atoms with Crippen LogP contribution in [0.15, 0.2) is 17.5 Å². The summed E-state index contributed by atoms with van der Waals surface area (Å²) in [6.07, 6.45) is 3.95. The van der Waals surface area contributed by atoms with Gasteiger partial charge in [0.25, 0.3) is 5.91 Å². The zero-order chi connectivity index (χ0) is 14.4. The fraction of sp³-hybridized carbons (Fsp3) is 0.333. The molecule has 0 aromatic carbocycles. The molecule has 0 aliphatic rings. The van der Waals surface area contributed by atoms with E-state index in [1.54, 1.807) is 24.6 Å². The van der Waals surface area contributed by atoms with Crippen molar-refractivity contribution in [2.45, 2.75) is 13.0 Å². The van der Waals surface area contributed by atoms with E-state index >= 15 is 0 Å². The molecular weight excluding hydrogens is 286 g/mol. The minimum absolute atomic E-state index is 0.197. The van der Waals surface area contributed by atoms with Gasteiger partial charge in [0.2, 0.25) is 0 Å². The van der Waals surface area contributed by atoms with Gasteiger partial charge < -0.3 is 10.4 Å². The van der Waals surface area contributed by atoms with Crippen LogP contribution in [0.5, 0.6) is 0 Å². The van der Waals surface area contributed by atoms with Crippen LogP contribution in [0.3, 0.4) is 0 Å². The molecule has 7 heteroatoms. The van der Waals surface area contributed by atoms with Crippen molar-refractivity contribution in [3.05, 3.63) is 28.0 Å². The SMILES string of the molecule is CC(CS(C)=O)NC(=O)c1sccc1/C=C/C(=O)O. The maximum absolute atomic E-state index is 12.0. The molecule has 19 heavy (non-hydrogen) atoms. The predicted octanol–water partition coefficient (Wildman–Crippen LogP) is 1.34. The number of aliphatic carboxylic acids is 1. The Kier molecular flexibility index (Phi) is 5.91. The zero-order valence-electron chi connectivity index (χ0n) is 10.6. The summed E-state index contributed by atoms with van der Waals surface area (Å²) in [6.45, 7) is 1.78. The lowest BCUT2D eigenvalue weighted by molar-refractivity contribution is -0.131. The van der Waals surface area contributed by atoms with Crippen molar-refractivity contribution in [2.24, 2.45) is 0 Å². The van der Waals surface area contributed by atoms with Crippen molar-refractivity contribution in [1.29, 1.82) is 0 Å². The quantitative estimate of drug-likeness (QED) is 0.777. The number of carboxylic acid groups (broad SMARTS) is 1. The Balaban J connectivity index is 2.75. The molecule has 0 aliphatic heterocycles. The first-order chi connectivity index (χ1) is 8.90. The van der Waals surface area contributed by atoms with E-state index in [1.807, 2.05) is 0 Å². The van der Waals surface area contributed by atoms with Crippen LogP contribution in [-0.2, 0) is 15.6 Å². The molecule has 1 aromatic rings. The fourth-order valence-corrected chi connectivity index (χ4v) is 3.06. The summed E-state index contributed by atoms with van der Waals surface area (Å²) in [5, 5.41) is 13.0. The van der Waals surface area contributed by atoms with Crippen LogP contribution in [0.2, 0.25) is 0 Å². The molecule has 2 atom stereocenters. The van der Waals surface area contributed by atoms with Gasteiger partial charge in [-0.15, -0.1) is 11.3 Å². The molecule has 104 valence electrons. The van der Waals surface area contributed by atoms with Gasteiger partial charge in [-0.25, -0.2) is 4.79 Å². The number of hydrogen-bond acceptors (Lipinski definition) is 4. The van der Waals surface area contributed by atoms with E-state index in [2.05, 4.69) is 5.32 Å². The van der Waals surface area contributed by atoms with Gasteiger partial charge in [-0.3, -0.25) is 9.00 Å². The van der Waals surface area contributed by atoms with Crippen LogP contribution >= 0.6 is 11.3 Å². The van der Waals surface area contributed by atoms with E-state index < -0.39 is 16.8 Å². The third kappa shape index (κ3) is 5.35. The number of nitrogens with one attached hydrogen (secondary N) is 1. The number of carbonyl (C=O) groups excluding carboxylic acids is 1. The molecule has 1 rings (SSSR count). The number of thiophene rings is 1. The highest BCUT2D eigenvalue weighted by molar-refractivity contribution is 7.84. The monoisotopic (exact) mass is 301 g/mol. The molecule has 2 N–H and O–H groups in total. The van der Waals surface area contributed by atoms with E-state index in [4.69, 9.17) is 5.11 Å². The second kappa shape index (κ2) is 7.20. The standard InChI is InChI=1S/C12H15NO4S2/c1-8(7-19(2)17)13-12(16)11-9(5-6-18-11)3-4-10(14)15/h3-6,8H,7H2,1-2H3,(H,13,16)(H,14,15)/b4-3+. The molecule has 1 aromatic heterocycles. The third-order valence-electron chi connectivity index (χ3n) is 2.17. The Hall–Kier alpha value is -1.47. The second-order valence-electron chi connectivity index (χ2n) is 3.99. The normalized spacial score (nSPS) is 14.2. The smallest absolute Gasteiger partial charge is 0.328 e. The Labute approximate surface area is 117 Å². The number of carboxylic acids is 1. The fourth-order valence-electron chi connectivity index (χ4n) is 1.48. The first-order valence-electron chi connectivity index (χ1n) is 5.49. The average Bonchev–Trinajstić information content (AvgIpc) is 2.72. The molecule has 1 heterocycles. The molecule has 1 amide bonds. The summed E-state index contributed by atoms with van der Waals surface area (Å²) in [6, 6.07) is 1.48. The van der Waals surface area contributed by atoms with Gasteiger partial charge in [-0.1, -0.05) is 0 Å². The van der Waals surface area contributed by atoms with Crippen LogP contribution in [0.4, 0.5) is 0 Å². The molecule has 0 fully saturated rings. The molecule has 0 aliphatic carbocycles. The average molecular weight is 301 g/mol. The first-order valence-corrected chi connectivity index (χ1v) is 8.10. The van der Waals surface area contributed by atoms with Crippen molar-refractivity contribution in [3.63, 3.8) is 0 Å². The Bertz CT molecular complexity index is 522. The Morgan fingerprint density at radius 1 is 1.58 bits per heavy atom. The van der Waals surface area contributed by atoms with Crippen molar-refractivity contribution >= 4 is 40.1 Å². The summed E-state index contributed by atoms with van der Waals surface area (Å²) in [5.41, 5.74) is 0.565. The van der Waals surface area contributed by atoms with Gasteiger partial charge in [0.05, 0.1) is 4.88 Å². The zero-order valence-corrected chi connectivity index (χ0v) is 12.2. The van der Waals surface area contributed by atoms with E-state index in [0.717, 1.165) is 6.08 Å². The van der Waals surface area contributed by atoms with Crippen LogP contribution in [0.25, 0.3) is 6.08 Å². The number of amides is 1. The van der Waals surface area contributed by atoms with E-state index in [0.29, 0.717) is 16.2 Å². The Morgan fingerprint density at radius 3 is 2.84 bits per heavy atom. The highest BCUT2D eigenvalue weighted by Crippen LogP contribution is 2.18. The summed E-state index contributed by atoms with van der Waals surface area (Å²) in [5.74, 6) is -0.956. The number of rotatable bonds is 6. The minimum Gasteiger partial charge on any atom is -0.478 e. The lowest BCUT2D eigenvalue weighted by Gasteiger charge is -2.11. The van der Waals surface area contributed by atoms with Crippen LogP contribution < -0.4 is 5.32 Å². The Morgan fingerprint density at radius 2 is 2.26 bits per heavy atom. The van der Waals surface area contributed by atoms with Gasteiger partial charge in [0.1, 0.15) is 0 Å². The van der Waals surface area contributed by atoms with Gasteiger partial charge in [-0.2, -0.15) is 0 Å². The summed E-state index contributed by atoms with van der Waals surface area (Å²) in [7, 11) is -0.977. The third-order valence-corrected chi connectivity index (χ3v) is 4.07. The summed E-state index contributed by atoms with van der Waals surface area (Å²) in [4.78, 5) is 22.9. The lowest BCUT2D eigenvalue weighted by Crippen LogP contribution is -2.36. The van der Waals surface area contributed by atoms with Gasteiger partial charge in [0, 0.05) is 34.9 Å². The summed E-state index contributed by atoms with van der Waals surface area (Å²) < 4.78 is 11.1. The molecular formula is C12H15NO4S2. The number of carbonyl (C=O) groups is 2. The van der Waals surface area contributed by atoms with E-state index in [-0.39, 0.29) is 11.9 Å². The van der Waals surface area contributed by atoms with Crippen molar-refractivity contribution in [1.82, 2.24) is 5.32 Å². The predicted molar refractivity (Wildman–Crippen MR) is 76.9 cm³/mol.